The van der Waals surface area contributed by atoms with E-state index in [-0.39, 0.29) is 11.2 Å². The monoisotopic (exact) mass is 403 g/mol. The number of hydrogen-bond acceptors (Lipinski definition) is 5. The van der Waals surface area contributed by atoms with Gasteiger partial charge in [-0.1, -0.05) is 32.0 Å². The topological polar surface area (TPSA) is 63.4 Å². The van der Waals surface area contributed by atoms with Gasteiger partial charge in [0.25, 0.3) is 5.78 Å². The summed E-state index contributed by atoms with van der Waals surface area (Å²) >= 11 is 1.45. The molecule has 1 fully saturated rings. The third-order valence-corrected chi connectivity index (χ3v) is 6.76. The number of carbonyl (C=O) groups excluding carboxylic acids is 1. The number of thioether (sulfide) groups is 1. The van der Waals surface area contributed by atoms with Gasteiger partial charge in [-0.2, -0.15) is 4.98 Å². The summed E-state index contributed by atoms with van der Waals surface area (Å²) in [6.45, 7) is 11.4. The fraction of sp³-hybridized carbons (Fsp3) is 0.714. The summed E-state index contributed by atoms with van der Waals surface area (Å²) in [5, 5.41) is 5.11. The Morgan fingerprint density at radius 1 is 1.25 bits per heavy atom. The summed E-state index contributed by atoms with van der Waals surface area (Å²) in [5.74, 6) is 0.835. The largest absolute Gasteiger partial charge is 0.339 e. The molecule has 2 aromatic heterocycles. The van der Waals surface area contributed by atoms with Crippen molar-refractivity contribution in [2.24, 2.45) is 0 Å². The molecule has 0 N–H and O–H groups in total. The number of amides is 1. The van der Waals surface area contributed by atoms with Crippen LogP contribution in [0.5, 0.6) is 0 Å². The van der Waals surface area contributed by atoms with Crippen molar-refractivity contribution in [3.8, 4) is 0 Å². The van der Waals surface area contributed by atoms with Crippen LogP contribution in [0.4, 0.5) is 0 Å². The van der Waals surface area contributed by atoms with E-state index >= 15 is 0 Å². The van der Waals surface area contributed by atoms with Crippen LogP contribution in [0.1, 0.15) is 76.2 Å². The van der Waals surface area contributed by atoms with Gasteiger partial charge in [0.1, 0.15) is 0 Å². The fourth-order valence-corrected chi connectivity index (χ4v) is 4.93. The van der Waals surface area contributed by atoms with E-state index in [2.05, 4.69) is 40.7 Å². The summed E-state index contributed by atoms with van der Waals surface area (Å²) in [5.41, 5.74) is 3.40. The molecular weight excluding hydrogens is 370 g/mol. The molecule has 3 heterocycles. The second-order valence-corrected chi connectivity index (χ2v) is 9.13. The van der Waals surface area contributed by atoms with Crippen molar-refractivity contribution >= 4 is 23.4 Å². The Labute approximate surface area is 172 Å². The van der Waals surface area contributed by atoms with Crippen molar-refractivity contribution in [3.05, 3.63) is 17.0 Å². The second kappa shape index (κ2) is 9.25. The lowest BCUT2D eigenvalue weighted by Crippen LogP contribution is -2.46. The molecule has 0 aliphatic carbocycles. The SMILES string of the molecule is CCCCc1c(C)nc2nc(SC(C)C(=O)N3CCCCC3CC)nn2c1C. The molecule has 6 nitrogen and oxygen atoms in total. The molecule has 3 rings (SSSR count). The van der Waals surface area contributed by atoms with E-state index in [9.17, 15) is 4.79 Å². The van der Waals surface area contributed by atoms with E-state index in [1.165, 1.54) is 23.7 Å². The number of piperidine rings is 1. The van der Waals surface area contributed by atoms with Gasteiger partial charge in [0, 0.05) is 24.0 Å². The summed E-state index contributed by atoms with van der Waals surface area (Å²) < 4.78 is 1.84. The maximum Gasteiger partial charge on any atom is 0.253 e. The number of aryl methyl sites for hydroxylation is 2. The van der Waals surface area contributed by atoms with Gasteiger partial charge in [0.15, 0.2) is 0 Å². The minimum atomic E-state index is -0.189. The van der Waals surface area contributed by atoms with Gasteiger partial charge in [-0.05, 0) is 64.9 Å². The molecule has 0 saturated carbocycles. The molecular formula is C21H33N5OS. The fourth-order valence-electron chi connectivity index (χ4n) is 4.11. The standard InChI is InChI=1S/C21H33N5OS/c1-6-8-12-18-14(3)22-20-23-21(24-26(20)15(18)4)28-16(5)19(27)25-13-10-9-11-17(25)7-2/h16-17H,6-13H2,1-5H3. The summed E-state index contributed by atoms with van der Waals surface area (Å²) in [6.07, 6.45) is 7.79. The Bertz CT molecular complexity index is 834. The number of likely N-dealkylation sites (tertiary alicyclic amines) is 1. The van der Waals surface area contributed by atoms with Crippen LogP contribution in [-0.2, 0) is 11.2 Å². The minimum Gasteiger partial charge on any atom is -0.339 e. The quantitative estimate of drug-likeness (QED) is 0.643. The summed E-state index contributed by atoms with van der Waals surface area (Å²) in [4.78, 5) is 24.3. The summed E-state index contributed by atoms with van der Waals surface area (Å²) in [6, 6.07) is 0.381. The molecule has 7 heteroatoms. The van der Waals surface area contributed by atoms with Crippen molar-refractivity contribution in [1.29, 1.82) is 0 Å². The Morgan fingerprint density at radius 3 is 2.75 bits per heavy atom. The second-order valence-electron chi connectivity index (χ2n) is 7.82. The molecule has 2 aromatic rings. The first-order valence-corrected chi connectivity index (χ1v) is 11.5. The van der Waals surface area contributed by atoms with Crippen LogP contribution in [0.25, 0.3) is 5.78 Å². The van der Waals surface area contributed by atoms with Gasteiger partial charge >= 0.3 is 0 Å². The van der Waals surface area contributed by atoms with Gasteiger partial charge in [-0.25, -0.2) is 9.50 Å². The van der Waals surface area contributed by atoms with E-state index in [0.29, 0.717) is 17.0 Å². The Morgan fingerprint density at radius 2 is 2.04 bits per heavy atom. The lowest BCUT2D eigenvalue weighted by molar-refractivity contribution is -0.134. The van der Waals surface area contributed by atoms with Gasteiger partial charge in [0.2, 0.25) is 11.1 Å². The first-order valence-electron chi connectivity index (χ1n) is 10.7. The molecule has 0 aromatic carbocycles. The van der Waals surface area contributed by atoms with Crippen molar-refractivity contribution < 1.29 is 4.79 Å². The maximum atomic E-state index is 13.0. The number of aromatic nitrogens is 4. The number of nitrogens with zero attached hydrogens (tertiary/aromatic N) is 5. The normalized spacial score (nSPS) is 18.6. The molecule has 0 radical (unpaired) electrons. The Kier molecular flexibility index (Phi) is 6.96. The Balaban J connectivity index is 1.78. The van der Waals surface area contributed by atoms with E-state index < -0.39 is 0 Å². The van der Waals surface area contributed by atoms with E-state index in [0.717, 1.165) is 56.5 Å². The number of carbonyl (C=O) groups is 1. The number of fused-ring (bicyclic) bond motifs is 1. The molecule has 1 amide bonds. The molecule has 154 valence electrons. The van der Waals surface area contributed by atoms with Gasteiger partial charge in [0.05, 0.1) is 5.25 Å². The Hall–Kier alpha value is -1.63. The predicted octanol–water partition coefficient (Wildman–Crippen LogP) is 4.36. The van der Waals surface area contributed by atoms with Crippen LogP contribution < -0.4 is 0 Å². The van der Waals surface area contributed by atoms with Gasteiger partial charge in [-0.3, -0.25) is 4.79 Å². The lowest BCUT2D eigenvalue weighted by atomic mass is 10.00. The molecule has 28 heavy (non-hydrogen) atoms. The highest BCUT2D eigenvalue weighted by molar-refractivity contribution is 8.00. The average molecular weight is 404 g/mol. The molecule has 0 bridgehead atoms. The van der Waals surface area contributed by atoms with Crippen LogP contribution in [-0.4, -0.2) is 48.2 Å². The van der Waals surface area contributed by atoms with Crippen LogP contribution in [0, 0.1) is 13.8 Å². The van der Waals surface area contributed by atoms with Crippen molar-refractivity contribution in [2.75, 3.05) is 6.54 Å². The third-order valence-electron chi connectivity index (χ3n) is 5.82. The number of hydrogen-bond donors (Lipinski definition) is 0. The average Bonchev–Trinajstić information content (AvgIpc) is 3.09. The maximum absolute atomic E-state index is 13.0. The van der Waals surface area contributed by atoms with Crippen LogP contribution in [0.3, 0.4) is 0 Å². The number of rotatable bonds is 7. The molecule has 1 aliphatic heterocycles. The molecule has 2 unspecified atom stereocenters. The van der Waals surface area contributed by atoms with Gasteiger partial charge in [-0.15, -0.1) is 5.10 Å². The predicted molar refractivity (Wildman–Crippen MR) is 114 cm³/mol. The molecule has 2 atom stereocenters. The number of unbranched alkanes of at least 4 members (excludes halogenated alkanes) is 1. The third kappa shape index (κ3) is 4.34. The van der Waals surface area contributed by atoms with E-state index in [4.69, 9.17) is 0 Å². The highest BCUT2D eigenvalue weighted by Crippen LogP contribution is 2.27. The zero-order valence-corrected chi connectivity index (χ0v) is 18.7. The molecule has 1 aliphatic rings. The highest BCUT2D eigenvalue weighted by atomic mass is 32.2. The van der Waals surface area contributed by atoms with E-state index in [1.54, 1.807) is 0 Å². The van der Waals surface area contributed by atoms with Gasteiger partial charge < -0.3 is 4.90 Å². The smallest absolute Gasteiger partial charge is 0.253 e. The zero-order valence-electron chi connectivity index (χ0n) is 17.9. The lowest BCUT2D eigenvalue weighted by Gasteiger charge is -2.36. The van der Waals surface area contributed by atoms with Crippen LogP contribution in [0.15, 0.2) is 5.16 Å². The van der Waals surface area contributed by atoms with Crippen molar-refractivity contribution in [2.45, 2.75) is 96.0 Å². The van der Waals surface area contributed by atoms with Crippen molar-refractivity contribution in [3.63, 3.8) is 0 Å². The zero-order chi connectivity index (χ0) is 20.3. The van der Waals surface area contributed by atoms with E-state index in [1.807, 2.05) is 18.4 Å². The van der Waals surface area contributed by atoms with Crippen molar-refractivity contribution in [1.82, 2.24) is 24.5 Å². The molecule has 1 saturated heterocycles. The van der Waals surface area contributed by atoms with Crippen LogP contribution >= 0.6 is 11.8 Å². The highest BCUT2D eigenvalue weighted by Gasteiger charge is 2.30. The van der Waals surface area contributed by atoms with Crippen LogP contribution in [0.2, 0.25) is 0 Å². The first-order chi connectivity index (χ1) is 13.5. The first kappa shape index (κ1) is 21.1. The molecule has 0 spiro atoms. The summed E-state index contributed by atoms with van der Waals surface area (Å²) in [7, 11) is 0. The minimum absolute atomic E-state index is 0.189.